The summed E-state index contributed by atoms with van der Waals surface area (Å²) in [6.45, 7) is 3.71. The van der Waals surface area contributed by atoms with Crippen LogP contribution in [0.25, 0.3) is 0 Å². The molecule has 0 saturated heterocycles. The number of furan rings is 1. The van der Waals surface area contributed by atoms with Crippen LogP contribution in [0.3, 0.4) is 0 Å². The van der Waals surface area contributed by atoms with Crippen LogP contribution in [-0.4, -0.2) is 10.9 Å². The first-order valence-corrected chi connectivity index (χ1v) is 5.65. The van der Waals surface area contributed by atoms with E-state index in [4.69, 9.17) is 10.2 Å². The van der Waals surface area contributed by atoms with Crippen LogP contribution in [0.5, 0.6) is 0 Å². The molecule has 0 fully saturated rings. The Hall–Kier alpha value is -2.30. The molecular weight excluding hydrogens is 230 g/mol. The van der Waals surface area contributed by atoms with Gasteiger partial charge >= 0.3 is 0 Å². The fraction of sp³-hybridized carbons (Fsp3) is 0.231. The van der Waals surface area contributed by atoms with Gasteiger partial charge in [0.2, 0.25) is 0 Å². The van der Waals surface area contributed by atoms with Gasteiger partial charge in [0.15, 0.2) is 0 Å². The van der Waals surface area contributed by atoms with Gasteiger partial charge < -0.3 is 15.5 Å². The number of aryl methyl sites for hydroxylation is 1. The van der Waals surface area contributed by atoms with Crippen molar-refractivity contribution in [2.24, 2.45) is 0 Å². The van der Waals surface area contributed by atoms with Crippen LogP contribution in [0.15, 0.2) is 34.9 Å². The molecule has 2 aromatic heterocycles. The summed E-state index contributed by atoms with van der Waals surface area (Å²) in [6, 6.07) is 6.66. The lowest BCUT2D eigenvalue weighted by molar-refractivity contribution is 0.0930. The summed E-state index contributed by atoms with van der Waals surface area (Å²) in [6.07, 6.45) is 1.51. The predicted molar refractivity (Wildman–Crippen MR) is 68.0 cm³/mol. The monoisotopic (exact) mass is 245 g/mol. The number of amides is 1. The van der Waals surface area contributed by atoms with Crippen LogP contribution in [-0.2, 0) is 0 Å². The number of carbonyl (C=O) groups is 1. The Kier molecular flexibility index (Phi) is 3.32. The van der Waals surface area contributed by atoms with Crippen molar-refractivity contribution in [3.8, 4) is 0 Å². The van der Waals surface area contributed by atoms with E-state index in [0.29, 0.717) is 17.1 Å². The molecule has 2 rings (SSSR count). The summed E-state index contributed by atoms with van der Waals surface area (Å²) in [4.78, 5) is 15.9. The van der Waals surface area contributed by atoms with Crippen LogP contribution in [0.1, 0.15) is 35.0 Å². The number of aromatic nitrogens is 1. The Labute approximate surface area is 105 Å². The first-order valence-electron chi connectivity index (χ1n) is 5.65. The van der Waals surface area contributed by atoms with E-state index in [1.807, 2.05) is 26.0 Å². The molecule has 94 valence electrons. The Morgan fingerprint density at radius 1 is 1.44 bits per heavy atom. The lowest BCUT2D eigenvalue weighted by atomic mass is 10.2. The number of hydrogen-bond donors (Lipinski definition) is 2. The van der Waals surface area contributed by atoms with Gasteiger partial charge in [-0.2, -0.15) is 0 Å². The second-order valence-electron chi connectivity index (χ2n) is 4.12. The maximum Gasteiger partial charge on any atom is 0.270 e. The van der Waals surface area contributed by atoms with Crippen LogP contribution < -0.4 is 11.1 Å². The highest BCUT2D eigenvalue weighted by Gasteiger charge is 2.14. The number of nitrogens with one attached hydrogen (secondary N) is 1. The van der Waals surface area contributed by atoms with E-state index in [1.165, 1.54) is 12.3 Å². The molecule has 0 aliphatic heterocycles. The maximum atomic E-state index is 11.9. The molecule has 5 heteroatoms. The van der Waals surface area contributed by atoms with Gasteiger partial charge in [0.05, 0.1) is 6.04 Å². The Morgan fingerprint density at radius 2 is 2.22 bits per heavy atom. The molecule has 0 aromatic carbocycles. The van der Waals surface area contributed by atoms with Crippen LogP contribution in [0.2, 0.25) is 0 Å². The lowest BCUT2D eigenvalue weighted by Gasteiger charge is -2.11. The quantitative estimate of drug-likeness (QED) is 0.867. The van der Waals surface area contributed by atoms with Gasteiger partial charge in [0.1, 0.15) is 17.2 Å². The fourth-order valence-corrected chi connectivity index (χ4v) is 1.60. The average Bonchev–Trinajstić information content (AvgIpc) is 2.76. The Morgan fingerprint density at radius 3 is 2.83 bits per heavy atom. The van der Waals surface area contributed by atoms with E-state index >= 15 is 0 Å². The molecule has 0 saturated carbocycles. The minimum Gasteiger partial charge on any atom is -0.464 e. The van der Waals surface area contributed by atoms with Crippen molar-refractivity contribution in [2.45, 2.75) is 19.9 Å². The number of rotatable bonds is 3. The van der Waals surface area contributed by atoms with E-state index in [0.717, 1.165) is 5.76 Å². The molecule has 5 nitrogen and oxygen atoms in total. The summed E-state index contributed by atoms with van der Waals surface area (Å²) >= 11 is 0. The number of nitrogens with zero attached hydrogens (tertiary/aromatic N) is 1. The van der Waals surface area contributed by atoms with Gasteiger partial charge in [0.25, 0.3) is 5.91 Å². The first kappa shape index (κ1) is 12.2. The predicted octanol–water partition coefficient (Wildman–Crippen LogP) is 2.06. The molecule has 1 atom stereocenters. The van der Waals surface area contributed by atoms with E-state index in [9.17, 15) is 4.79 Å². The van der Waals surface area contributed by atoms with Crippen molar-refractivity contribution in [3.63, 3.8) is 0 Å². The third-order valence-corrected chi connectivity index (χ3v) is 2.55. The summed E-state index contributed by atoms with van der Waals surface area (Å²) in [7, 11) is 0. The standard InChI is InChI=1S/C13H15N3O2/c1-8-3-4-12(18-8)9(2)16-13(17)11-7-10(14)5-6-15-11/h3-7,9H,1-2H3,(H2,14,15)(H,16,17). The topological polar surface area (TPSA) is 81.2 Å². The van der Waals surface area contributed by atoms with Gasteiger partial charge in [-0.25, -0.2) is 0 Å². The van der Waals surface area contributed by atoms with Gasteiger partial charge in [0, 0.05) is 11.9 Å². The van der Waals surface area contributed by atoms with Crippen LogP contribution in [0.4, 0.5) is 5.69 Å². The number of carbonyl (C=O) groups excluding carboxylic acids is 1. The molecule has 2 aromatic rings. The van der Waals surface area contributed by atoms with Crippen molar-refractivity contribution >= 4 is 11.6 Å². The van der Waals surface area contributed by atoms with Crippen molar-refractivity contribution < 1.29 is 9.21 Å². The van der Waals surface area contributed by atoms with Crippen molar-refractivity contribution in [1.82, 2.24) is 10.3 Å². The van der Waals surface area contributed by atoms with Crippen molar-refractivity contribution in [2.75, 3.05) is 5.73 Å². The zero-order chi connectivity index (χ0) is 13.1. The van der Waals surface area contributed by atoms with Gasteiger partial charge in [-0.05, 0) is 38.1 Å². The molecule has 0 radical (unpaired) electrons. The zero-order valence-electron chi connectivity index (χ0n) is 10.3. The average molecular weight is 245 g/mol. The smallest absolute Gasteiger partial charge is 0.270 e. The molecule has 0 bridgehead atoms. The highest BCUT2D eigenvalue weighted by atomic mass is 16.3. The molecule has 2 heterocycles. The van der Waals surface area contributed by atoms with E-state index in [2.05, 4.69) is 10.3 Å². The number of nitrogens with two attached hydrogens (primary N) is 1. The van der Waals surface area contributed by atoms with Crippen LogP contribution >= 0.6 is 0 Å². The molecule has 18 heavy (non-hydrogen) atoms. The largest absolute Gasteiger partial charge is 0.464 e. The summed E-state index contributed by atoms with van der Waals surface area (Å²) in [5.74, 6) is 1.25. The third-order valence-electron chi connectivity index (χ3n) is 2.55. The lowest BCUT2D eigenvalue weighted by Crippen LogP contribution is -2.27. The Bertz CT molecular complexity index is 563. The van der Waals surface area contributed by atoms with Crippen molar-refractivity contribution in [1.29, 1.82) is 0 Å². The van der Waals surface area contributed by atoms with E-state index in [-0.39, 0.29) is 11.9 Å². The molecule has 0 spiro atoms. The summed E-state index contributed by atoms with van der Waals surface area (Å²) in [5.41, 5.74) is 6.41. The van der Waals surface area contributed by atoms with E-state index < -0.39 is 0 Å². The minimum atomic E-state index is -0.274. The van der Waals surface area contributed by atoms with Gasteiger partial charge in [-0.1, -0.05) is 0 Å². The van der Waals surface area contributed by atoms with Crippen LogP contribution in [0, 0.1) is 6.92 Å². The van der Waals surface area contributed by atoms with Crippen molar-refractivity contribution in [3.05, 3.63) is 47.7 Å². The second kappa shape index (κ2) is 4.91. The molecule has 3 N–H and O–H groups in total. The molecular formula is C13H15N3O2. The highest BCUT2D eigenvalue weighted by molar-refractivity contribution is 5.93. The van der Waals surface area contributed by atoms with Gasteiger partial charge in [-0.15, -0.1) is 0 Å². The number of pyridine rings is 1. The highest BCUT2D eigenvalue weighted by Crippen LogP contribution is 2.16. The number of nitrogen functional groups attached to an aromatic ring is 1. The number of anilines is 1. The molecule has 0 aliphatic carbocycles. The molecule has 0 aliphatic rings. The maximum absolute atomic E-state index is 11.9. The minimum absolute atomic E-state index is 0.213. The third kappa shape index (κ3) is 2.68. The zero-order valence-corrected chi connectivity index (χ0v) is 10.3. The summed E-state index contributed by atoms with van der Waals surface area (Å²) in [5, 5.41) is 2.80. The Balaban J connectivity index is 2.08. The van der Waals surface area contributed by atoms with Gasteiger partial charge in [-0.3, -0.25) is 9.78 Å². The van der Waals surface area contributed by atoms with E-state index in [1.54, 1.807) is 6.07 Å². The normalized spacial score (nSPS) is 12.1. The molecule has 1 amide bonds. The first-order chi connectivity index (χ1) is 8.56. The summed E-state index contributed by atoms with van der Waals surface area (Å²) < 4.78 is 5.45. The SMILES string of the molecule is Cc1ccc(C(C)NC(=O)c2cc(N)ccn2)o1. The second-order valence-corrected chi connectivity index (χ2v) is 4.12. The molecule has 1 unspecified atom stereocenters. The number of hydrogen-bond acceptors (Lipinski definition) is 4. The fourth-order valence-electron chi connectivity index (χ4n) is 1.60.